The molecule has 0 radical (unpaired) electrons. The van der Waals surface area contributed by atoms with E-state index in [1.54, 1.807) is 12.3 Å². The molecule has 0 atom stereocenters. The average molecular weight is 270 g/mol. The van der Waals surface area contributed by atoms with Gasteiger partial charge >= 0.3 is 5.97 Å². The number of pyridine rings is 1. The molecule has 4 nitrogen and oxygen atoms in total. The number of carbonyl (C=O) groups excluding carboxylic acids is 1. The highest BCUT2D eigenvalue weighted by Crippen LogP contribution is 2.11. The third-order valence-electron chi connectivity index (χ3n) is 3.20. The highest BCUT2D eigenvalue weighted by Gasteiger charge is 2.10. The van der Waals surface area contributed by atoms with Crippen LogP contribution in [0.2, 0.25) is 0 Å². The fourth-order valence-corrected chi connectivity index (χ4v) is 2.00. The van der Waals surface area contributed by atoms with Gasteiger partial charge < -0.3 is 10.1 Å². The van der Waals surface area contributed by atoms with Crippen molar-refractivity contribution in [2.24, 2.45) is 0 Å². The van der Waals surface area contributed by atoms with Gasteiger partial charge in [0.1, 0.15) is 0 Å². The fraction of sp³-hybridized carbons (Fsp3) is 0.250. The van der Waals surface area contributed by atoms with Crippen molar-refractivity contribution in [3.8, 4) is 0 Å². The van der Waals surface area contributed by atoms with Crippen molar-refractivity contribution in [2.45, 2.75) is 20.0 Å². The molecule has 0 saturated heterocycles. The van der Waals surface area contributed by atoms with Crippen molar-refractivity contribution < 1.29 is 9.53 Å². The molecule has 0 aliphatic carbocycles. The maximum Gasteiger partial charge on any atom is 0.338 e. The molecule has 4 heteroatoms. The monoisotopic (exact) mass is 270 g/mol. The minimum absolute atomic E-state index is 0.306. The van der Waals surface area contributed by atoms with Gasteiger partial charge in [-0.1, -0.05) is 18.2 Å². The van der Waals surface area contributed by atoms with E-state index in [-0.39, 0.29) is 5.97 Å². The van der Waals surface area contributed by atoms with Crippen LogP contribution in [0, 0.1) is 6.92 Å². The number of rotatable bonds is 5. The lowest BCUT2D eigenvalue weighted by atomic mass is 10.1. The Balaban J connectivity index is 2.01. The van der Waals surface area contributed by atoms with E-state index in [1.807, 2.05) is 30.5 Å². The number of esters is 1. The zero-order valence-electron chi connectivity index (χ0n) is 11.7. The van der Waals surface area contributed by atoms with Gasteiger partial charge in [-0.2, -0.15) is 0 Å². The van der Waals surface area contributed by atoms with Crippen LogP contribution in [-0.2, 0) is 17.8 Å². The molecule has 0 fully saturated rings. The average Bonchev–Trinajstić information content (AvgIpc) is 2.49. The van der Waals surface area contributed by atoms with Gasteiger partial charge in [-0.3, -0.25) is 4.98 Å². The number of carbonyl (C=O) groups is 1. The zero-order valence-corrected chi connectivity index (χ0v) is 11.7. The smallest absolute Gasteiger partial charge is 0.338 e. The molecule has 0 saturated carbocycles. The van der Waals surface area contributed by atoms with Crippen LogP contribution in [0.5, 0.6) is 0 Å². The first-order chi connectivity index (χ1) is 9.72. The van der Waals surface area contributed by atoms with Crippen molar-refractivity contribution in [1.29, 1.82) is 0 Å². The van der Waals surface area contributed by atoms with E-state index in [2.05, 4.69) is 17.2 Å². The Hall–Kier alpha value is -2.20. The molecule has 2 rings (SSSR count). The molecule has 0 unspecified atom stereocenters. The minimum atomic E-state index is -0.306. The summed E-state index contributed by atoms with van der Waals surface area (Å²) in [6.45, 7) is 3.38. The second kappa shape index (κ2) is 6.82. The second-order valence-electron chi connectivity index (χ2n) is 4.55. The number of hydrogen-bond acceptors (Lipinski definition) is 4. The number of nitrogens with one attached hydrogen (secondary N) is 1. The van der Waals surface area contributed by atoms with Crippen LogP contribution in [0.1, 0.15) is 27.0 Å². The predicted molar refractivity (Wildman–Crippen MR) is 77.3 cm³/mol. The SMILES string of the molecule is COC(=O)c1ccccc1CNCc1cnccc1C. The number of methoxy groups -OCH3 is 1. The van der Waals surface area contributed by atoms with Gasteiger partial charge in [-0.15, -0.1) is 0 Å². The molecular weight excluding hydrogens is 252 g/mol. The highest BCUT2D eigenvalue weighted by atomic mass is 16.5. The molecule has 0 amide bonds. The van der Waals surface area contributed by atoms with Gasteiger partial charge in [0.2, 0.25) is 0 Å². The lowest BCUT2D eigenvalue weighted by Crippen LogP contribution is -2.16. The molecule has 104 valence electrons. The number of aromatic nitrogens is 1. The summed E-state index contributed by atoms with van der Waals surface area (Å²) in [7, 11) is 1.39. The first-order valence-corrected chi connectivity index (χ1v) is 6.49. The number of benzene rings is 1. The Kier molecular flexibility index (Phi) is 4.85. The summed E-state index contributed by atoms with van der Waals surface area (Å²) < 4.78 is 4.78. The van der Waals surface area contributed by atoms with Crippen LogP contribution in [0.25, 0.3) is 0 Å². The summed E-state index contributed by atoms with van der Waals surface area (Å²) in [4.78, 5) is 15.8. The van der Waals surface area contributed by atoms with E-state index in [1.165, 1.54) is 12.7 Å². The van der Waals surface area contributed by atoms with E-state index < -0.39 is 0 Å². The Morgan fingerprint density at radius 3 is 2.70 bits per heavy atom. The van der Waals surface area contributed by atoms with Gasteiger partial charge in [0.15, 0.2) is 0 Å². The maximum atomic E-state index is 11.7. The molecule has 1 aromatic carbocycles. The van der Waals surface area contributed by atoms with Crippen LogP contribution in [0.15, 0.2) is 42.7 Å². The van der Waals surface area contributed by atoms with Gasteiger partial charge in [0, 0.05) is 25.5 Å². The standard InChI is InChI=1S/C16H18N2O2/c1-12-7-8-17-10-14(12)11-18-9-13-5-3-4-6-15(13)16(19)20-2/h3-8,10,18H,9,11H2,1-2H3. The van der Waals surface area contributed by atoms with Crippen molar-refractivity contribution in [3.63, 3.8) is 0 Å². The number of nitrogens with zero attached hydrogens (tertiary/aromatic N) is 1. The Labute approximate surface area is 118 Å². The number of aryl methyl sites for hydroxylation is 1. The van der Waals surface area contributed by atoms with Crippen molar-refractivity contribution in [2.75, 3.05) is 7.11 Å². The van der Waals surface area contributed by atoms with E-state index in [0.717, 1.165) is 17.7 Å². The van der Waals surface area contributed by atoms with Crippen LogP contribution in [-0.4, -0.2) is 18.1 Å². The number of hydrogen-bond donors (Lipinski definition) is 1. The van der Waals surface area contributed by atoms with Gasteiger partial charge in [-0.25, -0.2) is 4.79 Å². The predicted octanol–water partition coefficient (Wildman–Crippen LogP) is 2.47. The molecule has 20 heavy (non-hydrogen) atoms. The van der Waals surface area contributed by atoms with Crippen LogP contribution >= 0.6 is 0 Å². The lowest BCUT2D eigenvalue weighted by Gasteiger charge is -2.10. The van der Waals surface area contributed by atoms with E-state index >= 15 is 0 Å². The van der Waals surface area contributed by atoms with E-state index in [4.69, 9.17) is 4.74 Å². The summed E-state index contributed by atoms with van der Waals surface area (Å²) in [5, 5.41) is 3.33. The quantitative estimate of drug-likeness (QED) is 0.848. The summed E-state index contributed by atoms with van der Waals surface area (Å²) in [6.07, 6.45) is 3.64. The van der Waals surface area contributed by atoms with E-state index in [0.29, 0.717) is 12.1 Å². The van der Waals surface area contributed by atoms with Crippen LogP contribution in [0.4, 0.5) is 0 Å². The molecule has 1 aromatic heterocycles. The summed E-state index contributed by atoms with van der Waals surface area (Å²) in [5.41, 5.74) is 3.89. The minimum Gasteiger partial charge on any atom is -0.465 e. The third-order valence-corrected chi connectivity index (χ3v) is 3.20. The van der Waals surface area contributed by atoms with Gasteiger partial charge in [-0.05, 0) is 35.7 Å². The lowest BCUT2D eigenvalue weighted by molar-refractivity contribution is 0.0599. The van der Waals surface area contributed by atoms with Crippen molar-refractivity contribution >= 4 is 5.97 Å². The normalized spacial score (nSPS) is 10.3. The van der Waals surface area contributed by atoms with Crippen LogP contribution in [0.3, 0.4) is 0 Å². The maximum absolute atomic E-state index is 11.7. The molecule has 1 heterocycles. The van der Waals surface area contributed by atoms with Crippen LogP contribution < -0.4 is 5.32 Å². The summed E-state index contributed by atoms with van der Waals surface area (Å²) >= 11 is 0. The molecule has 0 aliphatic heterocycles. The molecule has 0 bridgehead atoms. The zero-order chi connectivity index (χ0) is 14.4. The fourth-order valence-electron chi connectivity index (χ4n) is 2.00. The van der Waals surface area contributed by atoms with Crippen molar-refractivity contribution in [3.05, 3.63) is 65.0 Å². The highest BCUT2D eigenvalue weighted by molar-refractivity contribution is 5.90. The number of ether oxygens (including phenoxy) is 1. The topological polar surface area (TPSA) is 51.2 Å². The first kappa shape index (κ1) is 14.2. The Bertz CT molecular complexity index is 597. The van der Waals surface area contributed by atoms with Gasteiger partial charge in [0.05, 0.1) is 12.7 Å². The largest absolute Gasteiger partial charge is 0.465 e. The molecule has 0 spiro atoms. The third kappa shape index (κ3) is 3.42. The Morgan fingerprint density at radius 1 is 1.20 bits per heavy atom. The first-order valence-electron chi connectivity index (χ1n) is 6.49. The van der Waals surface area contributed by atoms with Gasteiger partial charge in [0.25, 0.3) is 0 Å². The molecule has 0 aliphatic rings. The molecular formula is C16H18N2O2. The summed E-state index contributed by atoms with van der Waals surface area (Å²) in [6, 6.07) is 9.44. The second-order valence-corrected chi connectivity index (χ2v) is 4.55. The van der Waals surface area contributed by atoms with E-state index in [9.17, 15) is 4.79 Å². The van der Waals surface area contributed by atoms with Crippen molar-refractivity contribution in [1.82, 2.24) is 10.3 Å². The Morgan fingerprint density at radius 2 is 1.95 bits per heavy atom. The summed E-state index contributed by atoms with van der Waals surface area (Å²) in [5.74, 6) is -0.306. The molecule has 1 N–H and O–H groups in total. The molecule has 2 aromatic rings.